The second kappa shape index (κ2) is 6.06. The van der Waals surface area contributed by atoms with Crippen molar-refractivity contribution in [3.05, 3.63) is 83.6 Å². The van der Waals surface area contributed by atoms with E-state index in [1.807, 2.05) is 66.7 Å². The van der Waals surface area contributed by atoms with E-state index in [9.17, 15) is 0 Å². The molecule has 0 bridgehead atoms. The molecule has 2 aromatic rings. The maximum absolute atomic E-state index is 5.89. The van der Waals surface area contributed by atoms with Crippen LogP contribution in [-0.4, -0.2) is 12.3 Å². The lowest BCUT2D eigenvalue weighted by Crippen LogP contribution is -2.14. The molecule has 0 spiro atoms. The molecule has 0 saturated heterocycles. The summed E-state index contributed by atoms with van der Waals surface area (Å²) in [6.45, 7) is 0.971. The van der Waals surface area contributed by atoms with Crippen molar-refractivity contribution in [1.82, 2.24) is 0 Å². The van der Waals surface area contributed by atoms with Crippen LogP contribution in [0, 0.1) is 0 Å². The van der Waals surface area contributed by atoms with E-state index < -0.39 is 0 Å². The predicted molar refractivity (Wildman–Crippen MR) is 78.2 cm³/mol. The monoisotopic (exact) mass is 265 g/mol. The second-order valence-electron chi connectivity index (χ2n) is 4.44. The summed E-state index contributed by atoms with van der Waals surface area (Å²) in [4.78, 5) is 5.15. The Morgan fingerprint density at radius 2 is 1.65 bits per heavy atom. The number of benzene rings is 2. The normalized spacial score (nSPS) is 14.0. The molecule has 0 N–H and O–H groups in total. The van der Waals surface area contributed by atoms with Gasteiger partial charge in [-0.05, 0) is 5.56 Å². The van der Waals surface area contributed by atoms with Gasteiger partial charge in [-0.15, -0.1) is 0 Å². The first-order valence-electron chi connectivity index (χ1n) is 6.56. The minimum atomic E-state index is 0.445. The van der Waals surface area contributed by atoms with Crippen LogP contribution in [0.2, 0.25) is 0 Å². The van der Waals surface area contributed by atoms with Crippen LogP contribution in [0.25, 0.3) is 0 Å². The van der Waals surface area contributed by atoms with E-state index in [2.05, 4.69) is 5.16 Å². The van der Waals surface area contributed by atoms with Gasteiger partial charge in [-0.3, -0.25) is 0 Å². The molecule has 2 aromatic carbocycles. The van der Waals surface area contributed by atoms with E-state index in [0.717, 1.165) is 22.6 Å². The van der Waals surface area contributed by atoms with Gasteiger partial charge in [-0.25, -0.2) is 0 Å². The van der Waals surface area contributed by atoms with Crippen molar-refractivity contribution >= 4 is 5.71 Å². The van der Waals surface area contributed by atoms with Gasteiger partial charge >= 0.3 is 0 Å². The molecule has 100 valence electrons. The van der Waals surface area contributed by atoms with Gasteiger partial charge in [0.25, 0.3) is 0 Å². The van der Waals surface area contributed by atoms with Gasteiger partial charge in [0, 0.05) is 11.6 Å². The summed E-state index contributed by atoms with van der Waals surface area (Å²) < 4.78 is 5.89. The smallest absolute Gasteiger partial charge is 0.151 e. The van der Waals surface area contributed by atoms with Crippen LogP contribution in [0.1, 0.15) is 11.1 Å². The average Bonchev–Trinajstić information content (AvgIpc) is 2.55. The lowest BCUT2D eigenvalue weighted by Gasteiger charge is -2.16. The third-order valence-corrected chi connectivity index (χ3v) is 3.02. The van der Waals surface area contributed by atoms with Crippen molar-refractivity contribution in [2.45, 2.75) is 6.61 Å². The number of hydrogen-bond donors (Lipinski definition) is 0. The zero-order chi connectivity index (χ0) is 13.6. The van der Waals surface area contributed by atoms with Crippen LogP contribution in [0.4, 0.5) is 0 Å². The van der Waals surface area contributed by atoms with E-state index in [1.165, 1.54) is 0 Å². The van der Waals surface area contributed by atoms with E-state index in [-0.39, 0.29) is 0 Å². The summed E-state index contributed by atoms with van der Waals surface area (Å²) >= 11 is 0. The number of ether oxygens (including phenoxy) is 1. The van der Waals surface area contributed by atoms with Gasteiger partial charge in [0.15, 0.2) is 5.71 Å². The van der Waals surface area contributed by atoms with Crippen LogP contribution in [0.5, 0.6) is 0 Å². The molecular weight excluding hydrogens is 250 g/mol. The van der Waals surface area contributed by atoms with Crippen LogP contribution >= 0.6 is 0 Å². The summed E-state index contributed by atoms with van der Waals surface area (Å²) in [5, 5.41) is 4.12. The maximum atomic E-state index is 5.89. The number of allylic oxidation sites excluding steroid dienone is 1. The summed E-state index contributed by atoms with van der Waals surface area (Å²) in [5.74, 6) is 0.770. The molecule has 0 radical (unpaired) electrons. The maximum Gasteiger partial charge on any atom is 0.151 e. The quantitative estimate of drug-likeness (QED) is 0.846. The SMILES string of the molecule is C1=C(OCc2ccccc2)C(c2ccccc2)=NOC1. The Bertz CT molecular complexity index is 618. The fourth-order valence-corrected chi connectivity index (χ4v) is 2.01. The van der Waals surface area contributed by atoms with Crippen LogP contribution in [-0.2, 0) is 16.2 Å². The highest BCUT2D eigenvalue weighted by molar-refractivity contribution is 6.11. The van der Waals surface area contributed by atoms with Gasteiger partial charge in [-0.2, -0.15) is 0 Å². The van der Waals surface area contributed by atoms with E-state index >= 15 is 0 Å². The predicted octanol–water partition coefficient (Wildman–Crippen LogP) is 3.52. The highest BCUT2D eigenvalue weighted by atomic mass is 16.6. The number of rotatable bonds is 4. The Morgan fingerprint density at radius 1 is 0.950 bits per heavy atom. The van der Waals surface area contributed by atoms with Crippen molar-refractivity contribution in [3.8, 4) is 0 Å². The highest BCUT2D eigenvalue weighted by Crippen LogP contribution is 2.16. The molecule has 0 fully saturated rings. The zero-order valence-corrected chi connectivity index (χ0v) is 11.0. The second-order valence-corrected chi connectivity index (χ2v) is 4.44. The van der Waals surface area contributed by atoms with Gasteiger partial charge in [-0.1, -0.05) is 65.8 Å². The fraction of sp³-hybridized carbons (Fsp3) is 0.118. The number of hydrogen-bond acceptors (Lipinski definition) is 3. The molecule has 0 amide bonds. The molecule has 1 heterocycles. The van der Waals surface area contributed by atoms with Gasteiger partial charge in [0.1, 0.15) is 19.0 Å². The van der Waals surface area contributed by atoms with Crippen LogP contribution in [0.15, 0.2) is 77.7 Å². The molecule has 20 heavy (non-hydrogen) atoms. The van der Waals surface area contributed by atoms with Gasteiger partial charge < -0.3 is 9.57 Å². The Hall–Kier alpha value is -2.55. The molecule has 0 aromatic heterocycles. The summed E-state index contributed by atoms with van der Waals surface area (Å²) in [6.07, 6.45) is 1.91. The Morgan fingerprint density at radius 3 is 2.40 bits per heavy atom. The minimum Gasteiger partial charge on any atom is -0.487 e. The van der Waals surface area contributed by atoms with Crippen molar-refractivity contribution in [3.63, 3.8) is 0 Å². The first-order valence-corrected chi connectivity index (χ1v) is 6.56. The van der Waals surface area contributed by atoms with Crippen molar-refractivity contribution in [2.75, 3.05) is 6.61 Å². The molecule has 3 heteroatoms. The lowest BCUT2D eigenvalue weighted by molar-refractivity contribution is 0.150. The average molecular weight is 265 g/mol. The topological polar surface area (TPSA) is 30.8 Å². The van der Waals surface area contributed by atoms with Gasteiger partial charge in [0.2, 0.25) is 0 Å². The molecule has 1 aliphatic heterocycles. The lowest BCUT2D eigenvalue weighted by atomic mass is 10.1. The number of nitrogens with zero attached hydrogens (tertiary/aromatic N) is 1. The van der Waals surface area contributed by atoms with E-state index in [4.69, 9.17) is 9.57 Å². The Labute approximate surface area is 118 Å². The van der Waals surface area contributed by atoms with Crippen LogP contribution in [0.3, 0.4) is 0 Å². The standard InChI is InChI=1S/C17H15NO2/c1-3-7-14(8-4-1)13-19-16-11-12-20-18-17(16)15-9-5-2-6-10-15/h1-11H,12-13H2. The molecule has 3 nitrogen and oxygen atoms in total. The molecule has 0 atom stereocenters. The third-order valence-electron chi connectivity index (χ3n) is 3.02. The van der Waals surface area contributed by atoms with E-state index in [0.29, 0.717) is 13.2 Å². The third kappa shape index (κ3) is 2.88. The zero-order valence-electron chi connectivity index (χ0n) is 11.0. The largest absolute Gasteiger partial charge is 0.487 e. The number of oxime groups is 1. The van der Waals surface area contributed by atoms with Crippen molar-refractivity contribution < 1.29 is 9.57 Å². The minimum absolute atomic E-state index is 0.445. The van der Waals surface area contributed by atoms with E-state index in [1.54, 1.807) is 0 Å². The summed E-state index contributed by atoms with van der Waals surface area (Å²) in [6, 6.07) is 20.0. The Balaban J connectivity index is 1.75. The fourth-order valence-electron chi connectivity index (χ4n) is 2.01. The van der Waals surface area contributed by atoms with Crippen LogP contribution < -0.4 is 0 Å². The van der Waals surface area contributed by atoms with Crippen molar-refractivity contribution in [1.29, 1.82) is 0 Å². The summed E-state index contributed by atoms with van der Waals surface area (Å²) in [5.41, 5.74) is 2.87. The Kier molecular flexibility index (Phi) is 3.78. The van der Waals surface area contributed by atoms with Gasteiger partial charge in [0.05, 0.1) is 0 Å². The molecule has 0 aliphatic carbocycles. The molecule has 1 aliphatic rings. The first-order chi connectivity index (χ1) is 9.93. The molecule has 0 unspecified atom stereocenters. The molecule has 0 saturated carbocycles. The van der Waals surface area contributed by atoms with Crippen molar-refractivity contribution in [2.24, 2.45) is 5.16 Å². The summed E-state index contributed by atoms with van der Waals surface area (Å²) in [7, 11) is 0. The molecular formula is C17H15NO2. The highest BCUT2D eigenvalue weighted by Gasteiger charge is 2.15. The molecule has 3 rings (SSSR count). The first kappa shape index (κ1) is 12.5.